The monoisotopic (exact) mass is 304 g/mol. The van der Waals surface area contributed by atoms with E-state index in [9.17, 15) is 0 Å². The number of rotatable bonds is 4. The van der Waals surface area contributed by atoms with E-state index >= 15 is 0 Å². The number of hydrogen-bond acceptors (Lipinski definition) is 0. The van der Waals surface area contributed by atoms with E-state index in [0.717, 1.165) is 12.8 Å². The molecule has 0 N–H and O–H groups in total. The molecule has 0 spiro atoms. The van der Waals surface area contributed by atoms with Gasteiger partial charge in [0.05, 0.1) is 5.41 Å². The van der Waals surface area contributed by atoms with E-state index in [-0.39, 0.29) is 11.3 Å². The van der Waals surface area contributed by atoms with Crippen molar-refractivity contribution in [3.8, 4) is 0 Å². The Morgan fingerprint density at radius 2 is 1.30 bits per heavy atom. The van der Waals surface area contributed by atoms with Gasteiger partial charge in [-0.05, 0) is 17.5 Å². The summed E-state index contributed by atoms with van der Waals surface area (Å²) in [6.45, 7) is 2.18. The van der Waals surface area contributed by atoms with Crippen LogP contribution in [0.25, 0.3) is 0 Å². The molecular weight excluding hydrogens is 287 g/mol. The zero-order valence-corrected chi connectivity index (χ0v) is 13.0. The van der Waals surface area contributed by atoms with Gasteiger partial charge in [-0.25, -0.2) is 0 Å². The second kappa shape index (κ2) is 5.09. The van der Waals surface area contributed by atoms with Gasteiger partial charge in [0.15, 0.2) is 0 Å². The van der Waals surface area contributed by atoms with Crippen LogP contribution in [0.2, 0.25) is 0 Å². The van der Waals surface area contributed by atoms with E-state index in [2.05, 4.69) is 55.5 Å². The Hall–Kier alpha value is -0.980. The molecule has 3 rings (SSSR count). The number of halogens is 2. The first-order chi connectivity index (χ1) is 9.65. The van der Waals surface area contributed by atoms with E-state index in [1.807, 2.05) is 12.1 Å². The zero-order valence-electron chi connectivity index (χ0n) is 11.5. The topological polar surface area (TPSA) is 0 Å². The third kappa shape index (κ3) is 1.82. The summed E-state index contributed by atoms with van der Waals surface area (Å²) in [6, 6.07) is 20.9. The van der Waals surface area contributed by atoms with Gasteiger partial charge >= 0.3 is 0 Å². The van der Waals surface area contributed by atoms with Crippen LogP contribution in [-0.2, 0) is 5.41 Å². The van der Waals surface area contributed by atoms with Crippen LogP contribution in [0.15, 0.2) is 60.7 Å². The van der Waals surface area contributed by atoms with Gasteiger partial charge < -0.3 is 0 Å². The van der Waals surface area contributed by atoms with E-state index in [1.165, 1.54) is 11.1 Å². The average molecular weight is 305 g/mol. The molecule has 2 aromatic carbocycles. The maximum absolute atomic E-state index is 6.74. The summed E-state index contributed by atoms with van der Waals surface area (Å²) < 4.78 is -0.717. The van der Waals surface area contributed by atoms with Gasteiger partial charge in [-0.2, -0.15) is 0 Å². The lowest BCUT2D eigenvalue weighted by molar-refractivity contribution is 0.627. The summed E-state index contributed by atoms with van der Waals surface area (Å²) in [7, 11) is 0. The second-order valence-corrected chi connectivity index (χ2v) is 6.89. The fraction of sp³-hybridized carbons (Fsp3) is 0.333. The highest BCUT2D eigenvalue weighted by Gasteiger charge is 2.76. The Bertz CT molecular complexity index is 535. The molecule has 104 valence electrons. The van der Waals surface area contributed by atoms with E-state index in [4.69, 9.17) is 23.2 Å². The molecule has 0 nitrogen and oxygen atoms in total. The number of hydrogen-bond donors (Lipinski definition) is 0. The van der Waals surface area contributed by atoms with Gasteiger partial charge in [0.2, 0.25) is 0 Å². The highest BCUT2D eigenvalue weighted by molar-refractivity contribution is 6.53. The van der Waals surface area contributed by atoms with Crippen molar-refractivity contribution in [3.63, 3.8) is 0 Å². The van der Waals surface area contributed by atoms with Crippen molar-refractivity contribution in [2.24, 2.45) is 5.92 Å². The van der Waals surface area contributed by atoms with Gasteiger partial charge in [0, 0.05) is 5.92 Å². The van der Waals surface area contributed by atoms with Crippen LogP contribution in [0.3, 0.4) is 0 Å². The summed E-state index contributed by atoms with van der Waals surface area (Å²) in [5.41, 5.74) is 2.17. The van der Waals surface area contributed by atoms with E-state index in [1.54, 1.807) is 0 Å². The lowest BCUT2D eigenvalue weighted by Gasteiger charge is -2.20. The minimum Gasteiger partial charge on any atom is -0.0999 e. The molecule has 20 heavy (non-hydrogen) atoms. The Morgan fingerprint density at radius 3 is 1.70 bits per heavy atom. The lowest BCUT2D eigenvalue weighted by atomic mass is 9.85. The van der Waals surface area contributed by atoms with E-state index in [0.29, 0.717) is 0 Å². The molecule has 0 radical (unpaired) electrons. The standard InChI is InChI=1S/C18H18Cl2/c1-2-9-16-17(18(16,19)20,14-10-5-3-6-11-14)15-12-7-4-8-13-15/h3-8,10-13,16H,2,9H2,1H3. The van der Waals surface area contributed by atoms with E-state index < -0.39 is 4.33 Å². The summed E-state index contributed by atoms with van der Waals surface area (Å²) in [4.78, 5) is 0. The maximum atomic E-state index is 6.74. The second-order valence-electron chi connectivity index (χ2n) is 5.50. The molecule has 1 saturated carbocycles. The van der Waals surface area contributed by atoms with Crippen LogP contribution in [0, 0.1) is 5.92 Å². The highest BCUT2D eigenvalue weighted by atomic mass is 35.5. The normalized spacial score (nSPS) is 22.4. The molecule has 2 heteroatoms. The molecule has 0 aromatic heterocycles. The molecule has 2 aromatic rings. The molecule has 0 amide bonds. The third-order valence-corrected chi connectivity index (χ3v) is 5.56. The maximum Gasteiger partial charge on any atom is 0.136 e. The first-order valence-corrected chi connectivity index (χ1v) is 7.90. The highest BCUT2D eigenvalue weighted by Crippen LogP contribution is 2.73. The summed E-state index contributed by atoms with van der Waals surface area (Å²) in [5, 5.41) is 0. The largest absolute Gasteiger partial charge is 0.136 e. The number of alkyl halides is 2. The van der Waals surface area contributed by atoms with Gasteiger partial charge in [-0.1, -0.05) is 97.2 Å². The first kappa shape index (κ1) is 14.0. The zero-order chi connectivity index (χ0) is 14.2. The van der Waals surface area contributed by atoms with Crippen LogP contribution in [-0.4, -0.2) is 4.33 Å². The van der Waals surface area contributed by atoms with Gasteiger partial charge in [0.1, 0.15) is 4.33 Å². The molecule has 0 saturated heterocycles. The van der Waals surface area contributed by atoms with Crippen LogP contribution in [0.5, 0.6) is 0 Å². The van der Waals surface area contributed by atoms with Gasteiger partial charge in [-0.15, -0.1) is 0 Å². The molecule has 1 fully saturated rings. The van der Waals surface area contributed by atoms with Crippen molar-refractivity contribution >= 4 is 23.2 Å². The van der Waals surface area contributed by atoms with Gasteiger partial charge in [-0.3, -0.25) is 0 Å². The predicted molar refractivity (Wildman–Crippen MR) is 86.5 cm³/mol. The van der Waals surface area contributed by atoms with Crippen molar-refractivity contribution in [1.82, 2.24) is 0 Å². The minimum absolute atomic E-state index is 0.269. The smallest absolute Gasteiger partial charge is 0.0999 e. The van der Waals surface area contributed by atoms with Crippen molar-refractivity contribution in [3.05, 3.63) is 71.8 Å². The SMILES string of the molecule is CCCC1C(Cl)(Cl)C1(c1ccccc1)c1ccccc1. The molecule has 0 heterocycles. The summed E-state index contributed by atoms with van der Waals surface area (Å²) in [6.07, 6.45) is 2.13. The molecular formula is C18H18Cl2. The van der Waals surface area contributed by atoms with Gasteiger partial charge in [0.25, 0.3) is 0 Å². The fourth-order valence-electron chi connectivity index (χ4n) is 3.52. The van der Waals surface area contributed by atoms with Crippen molar-refractivity contribution < 1.29 is 0 Å². The average Bonchev–Trinajstić information content (AvgIpc) is 2.98. The van der Waals surface area contributed by atoms with Crippen LogP contribution >= 0.6 is 23.2 Å². The molecule has 1 aliphatic carbocycles. The Balaban J connectivity index is 2.16. The number of benzene rings is 2. The molecule has 1 aliphatic rings. The van der Waals surface area contributed by atoms with Crippen molar-refractivity contribution in [2.45, 2.75) is 29.5 Å². The third-order valence-electron chi connectivity index (χ3n) is 4.44. The molecule has 0 bridgehead atoms. The van der Waals surface area contributed by atoms with Crippen LogP contribution in [0.1, 0.15) is 30.9 Å². The van der Waals surface area contributed by atoms with Crippen molar-refractivity contribution in [1.29, 1.82) is 0 Å². The Morgan fingerprint density at radius 1 is 0.850 bits per heavy atom. The van der Waals surface area contributed by atoms with Crippen LogP contribution < -0.4 is 0 Å². The Kier molecular flexibility index (Phi) is 3.56. The summed E-state index contributed by atoms with van der Waals surface area (Å²) in [5.74, 6) is 0.271. The molecule has 1 unspecified atom stereocenters. The molecule has 0 aliphatic heterocycles. The lowest BCUT2D eigenvalue weighted by Crippen LogP contribution is -2.17. The fourth-order valence-corrected chi connectivity index (χ4v) is 4.65. The molecule has 1 atom stereocenters. The first-order valence-electron chi connectivity index (χ1n) is 7.14. The van der Waals surface area contributed by atoms with Crippen LogP contribution in [0.4, 0.5) is 0 Å². The summed E-state index contributed by atoms with van der Waals surface area (Å²) >= 11 is 13.5. The predicted octanol–water partition coefficient (Wildman–Crippen LogP) is 5.58. The van der Waals surface area contributed by atoms with Crippen molar-refractivity contribution in [2.75, 3.05) is 0 Å². The Labute approximate surface area is 130 Å². The minimum atomic E-state index is -0.717. The quantitative estimate of drug-likeness (QED) is 0.647.